The molecule has 4 heterocycles. The van der Waals surface area contributed by atoms with Crippen molar-refractivity contribution in [3.05, 3.63) is 51.9 Å². The molecule has 3 aromatic heterocycles. The number of nitrogens with zero attached hydrogens (tertiary/aromatic N) is 4. The zero-order chi connectivity index (χ0) is 19.5. The fourth-order valence-corrected chi connectivity index (χ4v) is 4.74. The third kappa shape index (κ3) is 2.86. The summed E-state index contributed by atoms with van der Waals surface area (Å²) in [7, 11) is 0. The number of fused-ring (bicyclic) bond motifs is 5. The largest absolute Gasteiger partial charge is 0.485 e. The highest BCUT2D eigenvalue weighted by atomic mass is 32.1. The molecule has 0 atom stereocenters. The number of hydrogen-bond acceptors (Lipinski definition) is 6. The molecule has 4 aromatic rings. The Kier molecular flexibility index (Phi) is 3.93. The Morgan fingerprint density at radius 1 is 1.29 bits per heavy atom. The molecule has 0 spiro atoms. The lowest BCUT2D eigenvalue weighted by Crippen LogP contribution is -2.31. The van der Waals surface area contributed by atoms with E-state index in [1.165, 1.54) is 16.0 Å². The van der Waals surface area contributed by atoms with Crippen molar-refractivity contribution in [3.8, 4) is 5.75 Å². The van der Waals surface area contributed by atoms with Gasteiger partial charge in [-0.15, -0.1) is 16.4 Å². The lowest BCUT2D eigenvalue weighted by atomic mass is 9.94. The van der Waals surface area contributed by atoms with Crippen molar-refractivity contribution in [3.63, 3.8) is 0 Å². The molecule has 144 valence electrons. The van der Waals surface area contributed by atoms with Crippen LogP contribution in [-0.4, -0.2) is 25.2 Å². The van der Waals surface area contributed by atoms with Gasteiger partial charge in [0.15, 0.2) is 11.5 Å². The van der Waals surface area contributed by atoms with Crippen LogP contribution < -0.4 is 4.74 Å². The van der Waals surface area contributed by atoms with Crippen molar-refractivity contribution >= 4 is 27.2 Å². The van der Waals surface area contributed by atoms with Crippen LogP contribution in [0, 0.1) is 13.8 Å². The second-order valence-electron chi connectivity index (χ2n) is 7.94. The average Bonchev–Trinajstić information content (AvgIpc) is 3.22. The van der Waals surface area contributed by atoms with E-state index in [4.69, 9.17) is 14.5 Å². The molecule has 6 nitrogen and oxygen atoms in total. The summed E-state index contributed by atoms with van der Waals surface area (Å²) in [5.74, 6) is 1.52. The molecule has 5 rings (SSSR count). The summed E-state index contributed by atoms with van der Waals surface area (Å²) in [6.07, 6.45) is 2.59. The van der Waals surface area contributed by atoms with Gasteiger partial charge in [0, 0.05) is 11.3 Å². The topological polar surface area (TPSA) is 61.5 Å². The molecule has 0 fully saturated rings. The molecule has 0 unspecified atom stereocenters. The lowest BCUT2D eigenvalue weighted by molar-refractivity contribution is -0.0379. The predicted octanol–water partition coefficient (Wildman–Crippen LogP) is 4.39. The van der Waals surface area contributed by atoms with Crippen molar-refractivity contribution in [1.82, 2.24) is 19.6 Å². The second-order valence-corrected chi connectivity index (χ2v) is 9.02. The minimum absolute atomic E-state index is 0.178. The van der Waals surface area contributed by atoms with E-state index in [0.29, 0.717) is 19.0 Å². The van der Waals surface area contributed by atoms with Gasteiger partial charge in [0.25, 0.3) is 0 Å². The van der Waals surface area contributed by atoms with Crippen LogP contribution in [0.15, 0.2) is 24.5 Å². The summed E-state index contributed by atoms with van der Waals surface area (Å²) < 4.78 is 13.7. The number of rotatable bonds is 3. The summed E-state index contributed by atoms with van der Waals surface area (Å²) in [4.78, 5) is 11.6. The molecule has 0 radical (unpaired) electrons. The van der Waals surface area contributed by atoms with Crippen LogP contribution in [0.4, 0.5) is 0 Å². The molecule has 0 aliphatic carbocycles. The zero-order valence-electron chi connectivity index (χ0n) is 16.4. The Balaban J connectivity index is 1.53. The van der Waals surface area contributed by atoms with Gasteiger partial charge in [-0.25, -0.2) is 14.5 Å². The molecular weight excluding hydrogens is 372 g/mol. The van der Waals surface area contributed by atoms with Gasteiger partial charge in [0.05, 0.1) is 17.6 Å². The van der Waals surface area contributed by atoms with Gasteiger partial charge in [-0.1, -0.05) is 12.1 Å². The van der Waals surface area contributed by atoms with Crippen molar-refractivity contribution in [2.75, 3.05) is 0 Å². The van der Waals surface area contributed by atoms with Gasteiger partial charge in [0.2, 0.25) is 0 Å². The van der Waals surface area contributed by atoms with E-state index in [-0.39, 0.29) is 5.60 Å². The van der Waals surface area contributed by atoms with E-state index in [1.54, 1.807) is 22.2 Å². The van der Waals surface area contributed by atoms with Gasteiger partial charge in [-0.2, -0.15) is 0 Å². The normalized spacial score (nSPS) is 15.9. The summed E-state index contributed by atoms with van der Waals surface area (Å²) in [5.41, 5.74) is 4.32. The summed E-state index contributed by atoms with van der Waals surface area (Å²) >= 11 is 1.69. The van der Waals surface area contributed by atoms with Gasteiger partial charge >= 0.3 is 0 Å². The SMILES string of the molecule is Cc1cccc(OCc2nc3c4c5c(sc4ncn3n2)COC(C)(C)C5)c1C. The van der Waals surface area contributed by atoms with Crippen LogP contribution >= 0.6 is 11.3 Å². The standard InChI is InChI=1S/C21H22N4O2S/c1-12-6-5-7-15(13(12)2)26-10-17-23-19-18-14-8-21(3,4)27-9-16(14)28-20(18)22-11-25(19)24-17/h5-7,11H,8-10H2,1-4H3. The third-order valence-corrected chi connectivity index (χ3v) is 6.48. The first-order valence-corrected chi connectivity index (χ1v) is 10.2. The monoisotopic (exact) mass is 394 g/mol. The molecule has 0 bridgehead atoms. The molecule has 28 heavy (non-hydrogen) atoms. The fraction of sp³-hybridized carbons (Fsp3) is 0.381. The zero-order valence-corrected chi connectivity index (χ0v) is 17.3. The molecule has 7 heteroatoms. The highest BCUT2D eigenvalue weighted by Gasteiger charge is 2.30. The Morgan fingerprint density at radius 3 is 3.00 bits per heavy atom. The summed E-state index contributed by atoms with van der Waals surface area (Å²) in [6, 6.07) is 6.07. The average molecular weight is 395 g/mol. The predicted molar refractivity (Wildman–Crippen MR) is 109 cm³/mol. The number of aryl methyl sites for hydroxylation is 1. The minimum Gasteiger partial charge on any atom is -0.485 e. The quantitative estimate of drug-likeness (QED) is 0.516. The highest BCUT2D eigenvalue weighted by Crippen LogP contribution is 2.39. The second kappa shape index (κ2) is 6.25. The first kappa shape index (κ1) is 17.6. The van der Waals surface area contributed by atoms with Crippen LogP contribution in [0.5, 0.6) is 5.75 Å². The van der Waals surface area contributed by atoms with Gasteiger partial charge < -0.3 is 9.47 Å². The number of ether oxygens (including phenoxy) is 2. The smallest absolute Gasteiger partial charge is 0.189 e. The Morgan fingerprint density at radius 2 is 2.14 bits per heavy atom. The Labute approximate surface area is 167 Å². The van der Waals surface area contributed by atoms with Gasteiger partial charge in [-0.3, -0.25) is 0 Å². The van der Waals surface area contributed by atoms with Crippen LogP contribution in [0.2, 0.25) is 0 Å². The minimum atomic E-state index is -0.178. The summed E-state index contributed by atoms with van der Waals surface area (Å²) in [5, 5.41) is 5.69. The van der Waals surface area contributed by atoms with Crippen LogP contribution in [0.1, 0.15) is 41.2 Å². The molecular formula is C21H22N4O2S. The molecule has 1 aliphatic rings. The first-order chi connectivity index (χ1) is 13.4. The molecule has 0 saturated carbocycles. The first-order valence-electron chi connectivity index (χ1n) is 9.39. The van der Waals surface area contributed by atoms with Gasteiger partial charge in [0.1, 0.15) is 23.5 Å². The van der Waals surface area contributed by atoms with Crippen molar-refractivity contribution in [1.29, 1.82) is 0 Å². The number of thiophene rings is 1. The van der Waals surface area contributed by atoms with E-state index >= 15 is 0 Å². The maximum absolute atomic E-state index is 6.00. The molecule has 0 saturated heterocycles. The van der Waals surface area contributed by atoms with Crippen molar-refractivity contribution in [2.45, 2.75) is 52.9 Å². The highest BCUT2D eigenvalue weighted by molar-refractivity contribution is 7.19. The molecule has 1 aromatic carbocycles. The molecule has 1 aliphatic heterocycles. The van der Waals surface area contributed by atoms with E-state index in [0.717, 1.165) is 33.6 Å². The number of aromatic nitrogens is 4. The third-order valence-electron chi connectivity index (χ3n) is 5.36. The van der Waals surface area contributed by atoms with E-state index < -0.39 is 0 Å². The van der Waals surface area contributed by atoms with Crippen LogP contribution in [0.25, 0.3) is 15.9 Å². The molecule has 0 amide bonds. The summed E-state index contributed by atoms with van der Waals surface area (Å²) in [6.45, 7) is 9.36. The van der Waals surface area contributed by atoms with Crippen molar-refractivity contribution in [2.24, 2.45) is 0 Å². The van der Waals surface area contributed by atoms with Crippen LogP contribution in [-0.2, 0) is 24.4 Å². The Hall–Kier alpha value is -2.51. The van der Waals surface area contributed by atoms with E-state index in [2.05, 4.69) is 43.8 Å². The van der Waals surface area contributed by atoms with E-state index in [9.17, 15) is 0 Å². The maximum Gasteiger partial charge on any atom is 0.189 e. The Bertz CT molecular complexity index is 1210. The fourth-order valence-electron chi connectivity index (χ4n) is 3.67. The lowest BCUT2D eigenvalue weighted by Gasteiger charge is -2.30. The maximum atomic E-state index is 6.00. The number of hydrogen-bond donors (Lipinski definition) is 0. The van der Waals surface area contributed by atoms with Crippen LogP contribution in [0.3, 0.4) is 0 Å². The van der Waals surface area contributed by atoms with Gasteiger partial charge in [-0.05, 0) is 50.5 Å². The van der Waals surface area contributed by atoms with Crippen molar-refractivity contribution < 1.29 is 9.47 Å². The van der Waals surface area contributed by atoms with E-state index in [1.807, 2.05) is 12.1 Å². The molecule has 0 N–H and O–H groups in total. The number of benzene rings is 1.